The Morgan fingerprint density at radius 3 is 1.58 bits per heavy atom. The lowest BCUT2D eigenvalue weighted by Gasteiger charge is -2.27. The van der Waals surface area contributed by atoms with Crippen LogP contribution in [0.15, 0.2) is 34.8 Å². The topological polar surface area (TPSA) is 67.9 Å². The van der Waals surface area contributed by atoms with Gasteiger partial charge in [0.2, 0.25) is 5.78 Å². The van der Waals surface area contributed by atoms with Crippen molar-refractivity contribution < 1.29 is 19.1 Å². The molecule has 2 aliphatic carbocycles. The Balaban J connectivity index is 1.72. The molecule has 360 valence electrons. The second-order valence-electron chi connectivity index (χ2n) is 19.2. The molecular weight excluding hydrogens is 765 g/mol. The van der Waals surface area contributed by atoms with Crippen molar-refractivity contribution in [3.8, 4) is 0 Å². The highest BCUT2D eigenvalue weighted by Gasteiger charge is 2.30. The third kappa shape index (κ3) is 27.3. The minimum atomic E-state index is -0.0131. The lowest BCUT2D eigenvalue weighted by atomic mass is 9.85. The Morgan fingerprint density at radius 2 is 1.06 bits per heavy atom. The fourth-order valence-electron chi connectivity index (χ4n) is 9.27. The van der Waals surface area contributed by atoms with Crippen molar-refractivity contribution in [2.75, 3.05) is 32.8 Å². The Morgan fingerprint density at radius 1 is 0.597 bits per heavy atom. The summed E-state index contributed by atoms with van der Waals surface area (Å²) >= 11 is 0. The molecule has 0 spiro atoms. The molecule has 1 saturated carbocycles. The normalized spacial score (nSPS) is 13.9. The summed E-state index contributed by atoms with van der Waals surface area (Å²) in [4.78, 5) is 27.2. The van der Waals surface area contributed by atoms with Crippen molar-refractivity contribution in [1.29, 1.82) is 0 Å². The zero-order valence-electron chi connectivity index (χ0n) is 41.8. The summed E-state index contributed by atoms with van der Waals surface area (Å²) in [6.07, 6.45) is 47.5. The maximum absolute atomic E-state index is 12.3. The molecule has 0 aromatic rings. The van der Waals surface area contributed by atoms with E-state index in [1.807, 2.05) is 0 Å². The smallest absolute Gasteiger partial charge is 0.305 e. The first-order valence-corrected chi connectivity index (χ1v) is 27.4. The number of ether oxygens (including phenoxy) is 2. The lowest BCUT2D eigenvalue weighted by molar-refractivity contribution is -0.143. The number of allylic oxidation sites excluding steroid dienone is 4. The van der Waals surface area contributed by atoms with Crippen molar-refractivity contribution in [1.82, 2.24) is 10.2 Å². The zero-order valence-corrected chi connectivity index (χ0v) is 41.8. The quantitative estimate of drug-likeness (QED) is 0.0285. The van der Waals surface area contributed by atoms with Crippen LogP contribution in [0.2, 0.25) is 0 Å². The van der Waals surface area contributed by atoms with Crippen molar-refractivity contribution in [3.05, 3.63) is 34.8 Å². The van der Waals surface area contributed by atoms with Gasteiger partial charge in [0, 0.05) is 25.0 Å². The van der Waals surface area contributed by atoms with Crippen LogP contribution in [0.4, 0.5) is 0 Å². The Hall–Kier alpha value is -2.08. The van der Waals surface area contributed by atoms with E-state index < -0.39 is 0 Å². The van der Waals surface area contributed by atoms with Crippen LogP contribution >= 0.6 is 0 Å². The standard InChI is InChI=1S/C56H102N2O4/c1-6-10-13-16-19-28-35-48-61-54(59)43-32-25-21-27-34-46-58(47-37-44-57-55-52(9-4)49(5)56(55)60)45-33-26-20-24-31-42-53(50-38-36-39-50)62-51(40-29-22-17-14-11-7-2)41-30-23-18-15-12-8-3/h51,57H,5-48H2,1-4H3. The van der Waals surface area contributed by atoms with Crippen LogP contribution in [0.1, 0.15) is 272 Å². The molecule has 0 atom stereocenters. The van der Waals surface area contributed by atoms with E-state index in [9.17, 15) is 9.59 Å². The van der Waals surface area contributed by atoms with Gasteiger partial charge in [-0.05, 0) is 121 Å². The van der Waals surface area contributed by atoms with Gasteiger partial charge in [0.25, 0.3) is 0 Å². The minimum absolute atomic E-state index is 0.0131. The number of Topliss-reactive ketones (excluding diaryl/α,β-unsaturated/α-hetero) is 1. The maximum atomic E-state index is 12.3. The molecule has 0 aromatic carbocycles. The van der Waals surface area contributed by atoms with Crippen LogP contribution in [0.3, 0.4) is 0 Å². The van der Waals surface area contributed by atoms with E-state index in [-0.39, 0.29) is 11.8 Å². The van der Waals surface area contributed by atoms with E-state index in [0.29, 0.717) is 24.7 Å². The Labute approximate surface area is 385 Å². The lowest BCUT2D eigenvalue weighted by Crippen LogP contribution is -2.34. The van der Waals surface area contributed by atoms with E-state index in [2.05, 4.69) is 44.5 Å². The fraction of sp³-hybridized carbons (Fsp3) is 0.857. The highest BCUT2D eigenvalue weighted by atomic mass is 16.5. The number of nitrogens with one attached hydrogen (secondary N) is 1. The van der Waals surface area contributed by atoms with Crippen LogP contribution in [0.5, 0.6) is 0 Å². The summed E-state index contributed by atoms with van der Waals surface area (Å²) in [5.74, 6) is 1.48. The van der Waals surface area contributed by atoms with Gasteiger partial charge in [-0.1, -0.05) is 176 Å². The number of rotatable bonds is 46. The Bertz CT molecular complexity index is 1180. The van der Waals surface area contributed by atoms with Crippen molar-refractivity contribution in [2.24, 2.45) is 0 Å². The molecule has 2 aliphatic rings. The summed E-state index contributed by atoms with van der Waals surface area (Å²) in [5.41, 5.74) is 4.24. The third-order valence-electron chi connectivity index (χ3n) is 13.6. The molecule has 0 aliphatic heterocycles. The Kier molecular flexibility index (Phi) is 35.5. The van der Waals surface area contributed by atoms with E-state index in [1.54, 1.807) is 5.57 Å². The first-order valence-electron chi connectivity index (χ1n) is 27.4. The first kappa shape index (κ1) is 56.1. The average Bonchev–Trinajstić information content (AvgIpc) is 3.25. The van der Waals surface area contributed by atoms with Gasteiger partial charge in [0.05, 0.1) is 24.2 Å². The van der Waals surface area contributed by atoms with Crippen LogP contribution < -0.4 is 5.32 Å². The van der Waals surface area contributed by atoms with E-state index in [1.165, 1.54) is 205 Å². The predicted molar refractivity (Wildman–Crippen MR) is 267 cm³/mol. The number of ketones is 1. The number of hydrogen-bond donors (Lipinski definition) is 1. The summed E-state index contributed by atoms with van der Waals surface area (Å²) < 4.78 is 12.5. The number of hydrogen-bond acceptors (Lipinski definition) is 6. The minimum Gasteiger partial charge on any atom is -0.495 e. The van der Waals surface area contributed by atoms with E-state index in [0.717, 1.165) is 76.0 Å². The van der Waals surface area contributed by atoms with Crippen molar-refractivity contribution in [3.63, 3.8) is 0 Å². The van der Waals surface area contributed by atoms with Crippen LogP contribution in [0.25, 0.3) is 0 Å². The zero-order chi connectivity index (χ0) is 44.7. The molecule has 1 N–H and O–H groups in total. The van der Waals surface area contributed by atoms with Crippen LogP contribution in [0, 0.1) is 0 Å². The van der Waals surface area contributed by atoms with Crippen LogP contribution in [-0.2, 0) is 19.1 Å². The molecule has 62 heavy (non-hydrogen) atoms. The van der Waals surface area contributed by atoms with Gasteiger partial charge in [-0.3, -0.25) is 9.59 Å². The third-order valence-corrected chi connectivity index (χ3v) is 13.6. The van der Waals surface area contributed by atoms with Crippen LogP contribution in [-0.4, -0.2) is 55.5 Å². The molecular formula is C56H102N2O4. The average molecular weight is 867 g/mol. The first-order chi connectivity index (χ1) is 30.4. The van der Waals surface area contributed by atoms with Crippen molar-refractivity contribution in [2.45, 2.75) is 278 Å². The van der Waals surface area contributed by atoms with Gasteiger partial charge in [-0.15, -0.1) is 0 Å². The highest BCUT2D eigenvalue weighted by Crippen LogP contribution is 2.34. The monoisotopic (exact) mass is 867 g/mol. The predicted octanol–water partition coefficient (Wildman–Crippen LogP) is 16.4. The molecule has 0 aromatic heterocycles. The SMILES string of the molecule is C=C1C(=O)C(NCCCN(CCCCCCCC(=O)OCCCCCCCCC)CCCCCCCC(OC(CCCCCCCC)CCCCCCCC)=C2CCC2)=C1CC. The van der Waals surface area contributed by atoms with Gasteiger partial charge in [0.15, 0.2) is 0 Å². The number of unbranched alkanes of at least 4 members (excludes halogenated alkanes) is 24. The van der Waals surface area contributed by atoms with Gasteiger partial charge in [-0.2, -0.15) is 0 Å². The molecule has 6 nitrogen and oxygen atoms in total. The maximum Gasteiger partial charge on any atom is 0.305 e. The second kappa shape index (κ2) is 39.3. The summed E-state index contributed by atoms with van der Waals surface area (Å²) in [6, 6.07) is 0. The molecule has 0 amide bonds. The summed E-state index contributed by atoms with van der Waals surface area (Å²) in [5, 5.41) is 3.44. The number of carbonyl (C=O) groups excluding carboxylic acids is 2. The number of esters is 1. The molecule has 0 radical (unpaired) electrons. The molecule has 0 unspecified atom stereocenters. The molecule has 6 heteroatoms. The summed E-state index contributed by atoms with van der Waals surface area (Å²) in [6.45, 7) is 17.7. The molecule has 0 saturated heterocycles. The molecule has 1 fully saturated rings. The second-order valence-corrected chi connectivity index (χ2v) is 19.2. The van der Waals surface area contributed by atoms with Gasteiger partial charge >= 0.3 is 5.97 Å². The number of nitrogens with zero attached hydrogens (tertiary/aromatic N) is 1. The highest BCUT2D eigenvalue weighted by molar-refractivity contribution is 6.19. The molecule has 0 heterocycles. The van der Waals surface area contributed by atoms with Gasteiger partial charge in [0.1, 0.15) is 0 Å². The van der Waals surface area contributed by atoms with Crippen molar-refractivity contribution >= 4 is 11.8 Å². The van der Waals surface area contributed by atoms with Gasteiger partial charge < -0.3 is 19.7 Å². The number of carbonyl (C=O) groups is 2. The summed E-state index contributed by atoms with van der Waals surface area (Å²) in [7, 11) is 0. The fourth-order valence-corrected chi connectivity index (χ4v) is 9.27. The van der Waals surface area contributed by atoms with E-state index in [4.69, 9.17) is 9.47 Å². The largest absolute Gasteiger partial charge is 0.495 e. The molecule has 0 bridgehead atoms. The van der Waals surface area contributed by atoms with E-state index >= 15 is 0 Å². The molecule has 2 rings (SSSR count). The van der Waals surface area contributed by atoms with Gasteiger partial charge in [-0.25, -0.2) is 0 Å².